The lowest BCUT2D eigenvalue weighted by molar-refractivity contribution is 0.0514. The highest BCUT2D eigenvalue weighted by Gasteiger charge is 2.34. The smallest absolute Gasteiger partial charge is 0.216 e. The first-order valence-corrected chi connectivity index (χ1v) is 11.0. The van der Waals surface area contributed by atoms with E-state index in [1.165, 1.54) is 5.56 Å². The standard InChI is InChI=1S/C23H33ClN4O2/c1-5-25-21(27-15-20-26-14-19(30-20)22(2,3)4)28-16-23(9-11-29-12-10-23)17-7-6-8-18(24)13-17/h6-8,13-14H,5,9-12,15-16H2,1-4H3,(H2,25,27,28). The molecule has 0 bridgehead atoms. The van der Waals surface area contributed by atoms with Crippen LogP contribution in [0.2, 0.25) is 5.02 Å². The molecule has 0 amide bonds. The van der Waals surface area contributed by atoms with Gasteiger partial charge in [-0.2, -0.15) is 0 Å². The van der Waals surface area contributed by atoms with Gasteiger partial charge in [-0.25, -0.2) is 9.98 Å². The zero-order valence-corrected chi connectivity index (χ0v) is 19.2. The van der Waals surface area contributed by atoms with E-state index in [4.69, 9.17) is 20.8 Å². The third-order valence-electron chi connectivity index (χ3n) is 5.49. The van der Waals surface area contributed by atoms with Crippen LogP contribution in [0.1, 0.15) is 57.8 Å². The first-order chi connectivity index (χ1) is 14.3. The van der Waals surface area contributed by atoms with Crippen molar-refractivity contribution in [3.05, 3.63) is 52.7 Å². The Balaban J connectivity index is 1.73. The molecule has 1 aromatic heterocycles. The van der Waals surface area contributed by atoms with Crippen LogP contribution in [0.15, 0.2) is 39.9 Å². The van der Waals surface area contributed by atoms with Crippen molar-refractivity contribution in [2.24, 2.45) is 4.99 Å². The molecule has 1 aliphatic heterocycles. The van der Waals surface area contributed by atoms with Crippen LogP contribution in [0, 0.1) is 0 Å². The molecule has 0 atom stereocenters. The summed E-state index contributed by atoms with van der Waals surface area (Å²) in [4.78, 5) is 9.06. The zero-order chi connectivity index (χ0) is 21.6. The molecule has 0 radical (unpaired) electrons. The number of nitrogens with one attached hydrogen (secondary N) is 2. The van der Waals surface area contributed by atoms with Crippen LogP contribution >= 0.6 is 11.6 Å². The molecule has 0 unspecified atom stereocenters. The number of hydrogen-bond donors (Lipinski definition) is 2. The number of hydrogen-bond acceptors (Lipinski definition) is 4. The maximum atomic E-state index is 6.28. The number of halogens is 1. The summed E-state index contributed by atoms with van der Waals surface area (Å²) in [6.07, 6.45) is 3.67. The predicted molar refractivity (Wildman–Crippen MR) is 121 cm³/mol. The van der Waals surface area contributed by atoms with Gasteiger partial charge in [0.25, 0.3) is 0 Å². The Morgan fingerprint density at radius 1 is 1.23 bits per heavy atom. The van der Waals surface area contributed by atoms with E-state index in [2.05, 4.69) is 60.4 Å². The third-order valence-corrected chi connectivity index (χ3v) is 5.73. The van der Waals surface area contributed by atoms with Crippen LogP contribution in [-0.4, -0.2) is 37.2 Å². The average molecular weight is 433 g/mol. The van der Waals surface area contributed by atoms with Crippen molar-refractivity contribution in [2.45, 2.75) is 57.9 Å². The van der Waals surface area contributed by atoms with E-state index in [9.17, 15) is 0 Å². The summed E-state index contributed by atoms with van der Waals surface area (Å²) in [6.45, 7) is 11.8. The van der Waals surface area contributed by atoms with Crippen molar-refractivity contribution in [3.63, 3.8) is 0 Å². The van der Waals surface area contributed by atoms with E-state index in [1.54, 1.807) is 6.20 Å². The molecule has 1 fully saturated rings. The monoisotopic (exact) mass is 432 g/mol. The fourth-order valence-electron chi connectivity index (χ4n) is 3.62. The molecule has 30 heavy (non-hydrogen) atoms. The normalized spacial score (nSPS) is 17.0. The molecule has 7 heteroatoms. The minimum atomic E-state index is -0.0654. The van der Waals surface area contributed by atoms with Crippen LogP contribution in [0.4, 0.5) is 0 Å². The lowest BCUT2D eigenvalue weighted by atomic mass is 9.74. The Bertz CT molecular complexity index is 851. The number of aromatic nitrogens is 1. The van der Waals surface area contributed by atoms with Crippen LogP contribution < -0.4 is 10.6 Å². The number of oxazole rings is 1. The highest BCUT2D eigenvalue weighted by molar-refractivity contribution is 6.30. The minimum Gasteiger partial charge on any atom is -0.443 e. The van der Waals surface area contributed by atoms with Crippen molar-refractivity contribution >= 4 is 17.6 Å². The van der Waals surface area contributed by atoms with Crippen molar-refractivity contribution in [3.8, 4) is 0 Å². The molecule has 1 aliphatic rings. The molecule has 2 heterocycles. The minimum absolute atomic E-state index is 0.0400. The Morgan fingerprint density at radius 2 is 2.00 bits per heavy atom. The molecule has 2 aromatic rings. The van der Waals surface area contributed by atoms with Crippen molar-refractivity contribution < 1.29 is 9.15 Å². The lowest BCUT2D eigenvalue weighted by Gasteiger charge is -2.38. The number of ether oxygens (including phenoxy) is 1. The van der Waals surface area contributed by atoms with Crippen LogP contribution in [0.3, 0.4) is 0 Å². The summed E-state index contributed by atoms with van der Waals surface area (Å²) in [6, 6.07) is 8.16. The predicted octanol–water partition coefficient (Wildman–Crippen LogP) is 4.43. The van der Waals surface area contributed by atoms with Crippen LogP contribution in [0.5, 0.6) is 0 Å². The van der Waals surface area contributed by atoms with Crippen LogP contribution in [0.25, 0.3) is 0 Å². The molecule has 0 saturated carbocycles. The summed E-state index contributed by atoms with van der Waals surface area (Å²) in [7, 11) is 0. The highest BCUT2D eigenvalue weighted by atomic mass is 35.5. The summed E-state index contributed by atoms with van der Waals surface area (Å²) in [5.41, 5.74) is 1.13. The second-order valence-electron chi connectivity index (χ2n) is 8.82. The fourth-order valence-corrected chi connectivity index (χ4v) is 3.81. The Morgan fingerprint density at radius 3 is 2.63 bits per heavy atom. The average Bonchev–Trinajstić information content (AvgIpc) is 3.20. The largest absolute Gasteiger partial charge is 0.443 e. The van der Waals surface area contributed by atoms with E-state index in [1.807, 2.05) is 12.1 Å². The van der Waals surface area contributed by atoms with Gasteiger partial charge in [-0.05, 0) is 37.5 Å². The van der Waals surface area contributed by atoms with Gasteiger partial charge in [0, 0.05) is 42.2 Å². The van der Waals surface area contributed by atoms with E-state index >= 15 is 0 Å². The SMILES string of the molecule is CCNC(=NCc1ncc(C(C)(C)C)o1)NCC1(c2cccc(Cl)c2)CCOCC1. The molecule has 1 saturated heterocycles. The van der Waals surface area contributed by atoms with E-state index in [-0.39, 0.29) is 10.8 Å². The summed E-state index contributed by atoms with van der Waals surface area (Å²) in [5.74, 6) is 2.24. The molecule has 2 N–H and O–H groups in total. The number of benzene rings is 1. The van der Waals surface area contributed by atoms with Gasteiger partial charge in [0.15, 0.2) is 5.96 Å². The summed E-state index contributed by atoms with van der Waals surface area (Å²) >= 11 is 6.28. The van der Waals surface area contributed by atoms with E-state index < -0.39 is 0 Å². The second kappa shape index (κ2) is 9.84. The van der Waals surface area contributed by atoms with Crippen molar-refractivity contribution in [1.29, 1.82) is 0 Å². The van der Waals surface area contributed by atoms with E-state index in [0.717, 1.165) is 55.9 Å². The Hall–Kier alpha value is -2.05. The quantitative estimate of drug-likeness (QED) is 0.522. The fraction of sp³-hybridized carbons (Fsp3) is 0.565. The van der Waals surface area contributed by atoms with Crippen molar-refractivity contribution in [2.75, 3.05) is 26.3 Å². The molecular formula is C23H33ClN4O2. The first kappa shape index (κ1) is 22.6. The van der Waals surface area contributed by atoms with E-state index in [0.29, 0.717) is 12.4 Å². The summed E-state index contributed by atoms with van der Waals surface area (Å²) in [5, 5.41) is 7.61. The number of rotatable bonds is 6. The van der Waals surface area contributed by atoms with Gasteiger partial charge in [0.1, 0.15) is 12.3 Å². The number of guanidine groups is 1. The van der Waals surface area contributed by atoms with Gasteiger partial charge in [-0.1, -0.05) is 44.5 Å². The number of aliphatic imine (C=N–C) groups is 1. The van der Waals surface area contributed by atoms with Gasteiger partial charge in [-0.15, -0.1) is 0 Å². The van der Waals surface area contributed by atoms with Gasteiger partial charge in [0.2, 0.25) is 5.89 Å². The third kappa shape index (κ3) is 5.76. The second-order valence-corrected chi connectivity index (χ2v) is 9.26. The molecule has 0 spiro atoms. The Labute approximate surface area is 184 Å². The molecule has 6 nitrogen and oxygen atoms in total. The maximum Gasteiger partial charge on any atom is 0.216 e. The van der Waals surface area contributed by atoms with Crippen molar-refractivity contribution in [1.82, 2.24) is 15.6 Å². The molecule has 0 aliphatic carbocycles. The molecular weight excluding hydrogens is 400 g/mol. The highest BCUT2D eigenvalue weighted by Crippen LogP contribution is 2.35. The molecule has 3 rings (SSSR count). The molecule has 164 valence electrons. The van der Waals surface area contributed by atoms with Gasteiger partial charge in [0.05, 0.1) is 6.20 Å². The molecule has 1 aromatic carbocycles. The van der Waals surface area contributed by atoms with Gasteiger partial charge in [-0.3, -0.25) is 0 Å². The van der Waals surface area contributed by atoms with Gasteiger partial charge < -0.3 is 19.8 Å². The van der Waals surface area contributed by atoms with Gasteiger partial charge >= 0.3 is 0 Å². The topological polar surface area (TPSA) is 71.7 Å². The zero-order valence-electron chi connectivity index (χ0n) is 18.4. The Kier molecular flexibility index (Phi) is 7.42. The summed E-state index contributed by atoms with van der Waals surface area (Å²) < 4.78 is 11.5. The first-order valence-electron chi connectivity index (χ1n) is 10.6. The number of nitrogens with zero attached hydrogens (tertiary/aromatic N) is 2. The van der Waals surface area contributed by atoms with Crippen LogP contribution in [-0.2, 0) is 22.1 Å². The lowest BCUT2D eigenvalue weighted by Crippen LogP contribution is -2.48. The maximum absolute atomic E-state index is 6.28.